The first-order valence-electron chi connectivity index (χ1n) is 8.34. The molecule has 0 spiro atoms. The highest BCUT2D eigenvalue weighted by molar-refractivity contribution is 5.80. The molecule has 0 aromatic rings. The maximum absolute atomic E-state index is 11.5. The van der Waals surface area contributed by atoms with Gasteiger partial charge >= 0.3 is 5.97 Å². The Morgan fingerprint density at radius 2 is 1.95 bits per heavy atom. The molecule has 0 saturated carbocycles. The number of esters is 1. The highest BCUT2D eigenvalue weighted by Gasteiger charge is 2.26. The van der Waals surface area contributed by atoms with Crippen molar-refractivity contribution in [3.05, 3.63) is 0 Å². The molecule has 0 bridgehead atoms. The number of ether oxygens (including phenoxy) is 2. The molecule has 1 aliphatic rings. The Labute approximate surface area is 134 Å². The van der Waals surface area contributed by atoms with Crippen LogP contribution in [0.4, 0.5) is 0 Å². The van der Waals surface area contributed by atoms with E-state index >= 15 is 0 Å². The Bertz CT molecular complexity index is 340. The Morgan fingerprint density at radius 3 is 2.55 bits per heavy atom. The molecule has 22 heavy (non-hydrogen) atoms. The van der Waals surface area contributed by atoms with Crippen molar-refractivity contribution < 1.29 is 14.3 Å². The molecule has 1 N–H and O–H groups in total. The fourth-order valence-corrected chi connectivity index (χ4v) is 2.55. The molecule has 0 atom stereocenters. The van der Waals surface area contributed by atoms with Gasteiger partial charge in [0.1, 0.15) is 0 Å². The van der Waals surface area contributed by atoms with Gasteiger partial charge in [-0.3, -0.25) is 9.79 Å². The summed E-state index contributed by atoms with van der Waals surface area (Å²) >= 11 is 0. The summed E-state index contributed by atoms with van der Waals surface area (Å²) in [5.74, 6) is 0.857. The average molecular weight is 313 g/mol. The maximum Gasteiger partial charge on any atom is 0.308 e. The van der Waals surface area contributed by atoms with Crippen molar-refractivity contribution in [3.8, 4) is 0 Å². The van der Waals surface area contributed by atoms with Crippen molar-refractivity contribution >= 4 is 11.9 Å². The van der Waals surface area contributed by atoms with E-state index in [1.54, 1.807) is 7.05 Å². The molecule has 0 aromatic carbocycles. The zero-order chi connectivity index (χ0) is 16.2. The summed E-state index contributed by atoms with van der Waals surface area (Å²) in [6.45, 7) is 6.34. The van der Waals surface area contributed by atoms with Gasteiger partial charge in [0.2, 0.25) is 0 Å². The number of aliphatic imine (C=N–C) groups is 1. The fraction of sp³-hybridized carbons (Fsp3) is 0.875. The van der Waals surface area contributed by atoms with E-state index in [1.165, 1.54) is 13.5 Å². The topological polar surface area (TPSA) is 63.2 Å². The highest BCUT2D eigenvalue weighted by Crippen LogP contribution is 2.18. The average Bonchev–Trinajstić information content (AvgIpc) is 2.57. The van der Waals surface area contributed by atoms with E-state index in [9.17, 15) is 4.79 Å². The van der Waals surface area contributed by atoms with Gasteiger partial charge in [0.05, 0.1) is 13.0 Å². The van der Waals surface area contributed by atoms with Crippen LogP contribution in [0.2, 0.25) is 0 Å². The van der Waals surface area contributed by atoms with E-state index in [2.05, 4.69) is 22.1 Å². The normalized spacial score (nSPS) is 16.7. The molecule has 0 radical (unpaired) electrons. The Hall–Kier alpha value is -1.30. The van der Waals surface area contributed by atoms with Gasteiger partial charge in [0, 0.05) is 39.9 Å². The third kappa shape index (κ3) is 6.64. The van der Waals surface area contributed by atoms with Gasteiger partial charge in [-0.25, -0.2) is 0 Å². The van der Waals surface area contributed by atoms with Crippen LogP contribution < -0.4 is 5.32 Å². The fourth-order valence-electron chi connectivity index (χ4n) is 2.55. The molecule has 0 aromatic heterocycles. The van der Waals surface area contributed by atoms with Crippen molar-refractivity contribution in [1.29, 1.82) is 0 Å². The van der Waals surface area contributed by atoms with Crippen molar-refractivity contribution in [1.82, 2.24) is 10.2 Å². The minimum absolute atomic E-state index is 0.0336. The van der Waals surface area contributed by atoms with E-state index in [0.717, 1.165) is 64.5 Å². The number of nitrogens with zero attached hydrogens (tertiary/aromatic N) is 2. The molecular weight excluding hydrogens is 282 g/mol. The second-order valence-corrected chi connectivity index (χ2v) is 5.58. The van der Waals surface area contributed by atoms with E-state index in [4.69, 9.17) is 9.47 Å². The van der Waals surface area contributed by atoms with Gasteiger partial charge in [-0.15, -0.1) is 0 Å². The number of carbonyl (C=O) groups excluding carboxylic acids is 1. The number of unbranched alkanes of at least 4 members (excludes halogenated alkanes) is 1. The molecule has 6 nitrogen and oxygen atoms in total. The monoisotopic (exact) mass is 313 g/mol. The lowest BCUT2D eigenvalue weighted by atomic mass is 9.97. The molecule has 1 saturated heterocycles. The third-order valence-corrected chi connectivity index (χ3v) is 3.93. The molecule has 0 aliphatic carbocycles. The predicted molar refractivity (Wildman–Crippen MR) is 88.0 cm³/mol. The largest absolute Gasteiger partial charge is 0.469 e. The van der Waals surface area contributed by atoms with Gasteiger partial charge in [-0.2, -0.15) is 0 Å². The summed E-state index contributed by atoms with van der Waals surface area (Å²) in [5, 5.41) is 3.37. The molecule has 6 heteroatoms. The summed E-state index contributed by atoms with van der Waals surface area (Å²) in [6, 6.07) is 0. The number of carbonyl (C=O) groups is 1. The zero-order valence-corrected chi connectivity index (χ0v) is 14.3. The van der Waals surface area contributed by atoms with Crippen molar-refractivity contribution in [3.63, 3.8) is 0 Å². The highest BCUT2D eigenvalue weighted by atomic mass is 16.5. The van der Waals surface area contributed by atoms with Crippen LogP contribution >= 0.6 is 0 Å². The van der Waals surface area contributed by atoms with Crippen LogP contribution in [-0.2, 0) is 14.3 Å². The summed E-state index contributed by atoms with van der Waals surface area (Å²) in [4.78, 5) is 18.1. The lowest BCUT2D eigenvalue weighted by molar-refractivity contribution is -0.146. The number of hydrogen-bond donors (Lipinski definition) is 1. The van der Waals surface area contributed by atoms with Gasteiger partial charge in [-0.05, 0) is 25.7 Å². The molecule has 1 aliphatic heterocycles. The lowest BCUT2D eigenvalue weighted by Gasteiger charge is -2.33. The summed E-state index contributed by atoms with van der Waals surface area (Å²) in [7, 11) is 3.25. The SMILES string of the molecule is CCCCOCCCNC(=NC)N1CCC(C(=O)OC)CC1. The second kappa shape index (κ2) is 11.3. The van der Waals surface area contributed by atoms with E-state index in [-0.39, 0.29) is 11.9 Å². The van der Waals surface area contributed by atoms with E-state index < -0.39 is 0 Å². The van der Waals surface area contributed by atoms with Crippen LogP contribution in [0.1, 0.15) is 39.0 Å². The maximum atomic E-state index is 11.5. The first-order chi connectivity index (χ1) is 10.7. The van der Waals surface area contributed by atoms with Crippen molar-refractivity contribution in [2.24, 2.45) is 10.9 Å². The molecule has 0 amide bonds. The molecule has 1 fully saturated rings. The van der Waals surface area contributed by atoms with E-state index in [0.29, 0.717) is 0 Å². The van der Waals surface area contributed by atoms with Crippen LogP contribution in [0.25, 0.3) is 0 Å². The van der Waals surface area contributed by atoms with Gasteiger partial charge in [0.15, 0.2) is 5.96 Å². The number of likely N-dealkylation sites (tertiary alicyclic amines) is 1. The smallest absolute Gasteiger partial charge is 0.308 e. The number of rotatable bonds is 8. The second-order valence-electron chi connectivity index (χ2n) is 5.58. The molecule has 1 rings (SSSR count). The van der Waals surface area contributed by atoms with Crippen LogP contribution in [0.3, 0.4) is 0 Å². The van der Waals surface area contributed by atoms with Gasteiger partial charge < -0.3 is 19.7 Å². The quantitative estimate of drug-likeness (QED) is 0.319. The minimum atomic E-state index is -0.0909. The summed E-state index contributed by atoms with van der Waals surface area (Å²) in [5.41, 5.74) is 0. The summed E-state index contributed by atoms with van der Waals surface area (Å²) in [6.07, 6.45) is 4.93. The van der Waals surface area contributed by atoms with Gasteiger partial charge in [0.25, 0.3) is 0 Å². The number of methoxy groups -OCH3 is 1. The minimum Gasteiger partial charge on any atom is -0.469 e. The number of nitrogens with one attached hydrogen (secondary N) is 1. The number of guanidine groups is 1. The zero-order valence-electron chi connectivity index (χ0n) is 14.3. The van der Waals surface area contributed by atoms with Crippen molar-refractivity contribution in [2.75, 3.05) is 47.0 Å². The van der Waals surface area contributed by atoms with Crippen LogP contribution in [0, 0.1) is 5.92 Å². The third-order valence-electron chi connectivity index (χ3n) is 3.93. The standard InChI is InChI=1S/C16H31N3O3/c1-4-5-12-22-13-6-9-18-16(17-2)19-10-7-14(8-11-19)15(20)21-3/h14H,4-13H2,1-3H3,(H,17,18). The first kappa shape index (κ1) is 18.7. The Balaban J connectivity index is 2.19. The molecule has 128 valence electrons. The van der Waals surface area contributed by atoms with Crippen LogP contribution in [0.15, 0.2) is 4.99 Å². The molecule has 1 heterocycles. The number of hydrogen-bond acceptors (Lipinski definition) is 4. The van der Waals surface area contributed by atoms with E-state index in [1.807, 2.05) is 0 Å². The van der Waals surface area contributed by atoms with Crippen LogP contribution in [0.5, 0.6) is 0 Å². The van der Waals surface area contributed by atoms with Crippen LogP contribution in [-0.4, -0.2) is 63.8 Å². The predicted octanol–water partition coefficient (Wildman–Crippen LogP) is 1.65. The lowest BCUT2D eigenvalue weighted by Crippen LogP contribution is -2.47. The summed E-state index contributed by atoms with van der Waals surface area (Å²) < 4.78 is 10.4. The molecule has 0 unspecified atom stereocenters. The number of piperidine rings is 1. The Kier molecular flexibility index (Phi) is 9.62. The molecular formula is C16H31N3O3. The van der Waals surface area contributed by atoms with Gasteiger partial charge in [-0.1, -0.05) is 13.3 Å². The first-order valence-corrected chi connectivity index (χ1v) is 8.34. The Morgan fingerprint density at radius 1 is 1.27 bits per heavy atom. The van der Waals surface area contributed by atoms with Crippen molar-refractivity contribution in [2.45, 2.75) is 39.0 Å².